The van der Waals surface area contributed by atoms with Crippen molar-refractivity contribution in [2.75, 3.05) is 13.7 Å². The standard InChI is InChI=1S/C21H26F3N3O5/c1-11(2)20(21(31)25-9-18(30)32-3)26-16(28)8-14-4-5-17(29)27(14)10-12-6-13(22)7-15(23)19(12)24/h6-7,11,14,20H,4-5,8-10H2,1-3H3,(H,25,31)(H,26,28)/t14-,20-/m0/s1. The highest BCUT2D eigenvalue weighted by Crippen LogP contribution is 2.26. The third-order valence-corrected chi connectivity index (χ3v) is 5.18. The van der Waals surface area contributed by atoms with Gasteiger partial charge in [-0.3, -0.25) is 19.2 Å². The molecule has 2 rings (SSSR count). The van der Waals surface area contributed by atoms with Crippen molar-refractivity contribution in [3.63, 3.8) is 0 Å². The number of carbonyl (C=O) groups is 4. The van der Waals surface area contributed by atoms with E-state index >= 15 is 0 Å². The third kappa shape index (κ3) is 6.44. The molecule has 2 N–H and O–H groups in total. The molecular formula is C21H26F3N3O5. The number of nitrogens with one attached hydrogen (secondary N) is 2. The number of likely N-dealkylation sites (tertiary alicyclic amines) is 1. The average molecular weight is 457 g/mol. The van der Waals surface area contributed by atoms with Gasteiger partial charge < -0.3 is 20.3 Å². The molecule has 0 bridgehead atoms. The molecule has 0 saturated carbocycles. The van der Waals surface area contributed by atoms with Gasteiger partial charge in [-0.15, -0.1) is 0 Å². The fourth-order valence-electron chi connectivity index (χ4n) is 3.45. The predicted molar refractivity (Wildman–Crippen MR) is 106 cm³/mol. The Kier molecular flexibility index (Phi) is 8.62. The monoisotopic (exact) mass is 457 g/mol. The summed E-state index contributed by atoms with van der Waals surface area (Å²) in [5.74, 6) is -6.02. The molecule has 1 heterocycles. The smallest absolute Gasteiger partial charge is 0.325 e. The summed E-state index contributed by atoms with van der Waals surface area (Å²) in [7, 11) is 1.18. The zero-order chi connectivity index (χ0) is 24.0. The second kappa shape index (κ2) is 11.0. The molecule has 11 heteroatoms. The van der Waals surface area contributed by atoms with Crippen LogP contribution < -0.4 is 10.6 Å². The van der Waals surface area contributed by atoms with E-state index in [2.05, 4.69) is 15.4 Å². The van der Waals surface area contributed by atoms with Crippen LogP contribution in [0, 0.1) is 23.4 Å². The molecule has 0 aromatic heterocycles. The van der Waals surface area contributed by atoms with Crippen LogP contribution in [0.3, 0.4) is 0 Å². The fraction of sp³-hybridized carbons (Fsp3) is 0.524. The SMILES string of the molecule is COC(=O)CNC(=O)[C@@H](NC(=O)C[C@@H]1CCC(=O)N1Cc1cc(F)cc(F)c1F)C(C)C. The van der Waals surface area contributed by atoms with E-state index in [1.165, 1.54) is 12.0 Å². The number of hydrogen-bond donors (Lipinski definition) is 2. The Morgan fingerprint density at radius 2 is 1.91 bits per heavy atom. The number of rotatable bonds is 9. The van der Waals surface area contributed by atoms with E-state index < -0.39 is 47.3 Å². The van der Waals surface area contributed by atoms with Crippen molar-refractivity contribution in [1.29, 1.82) is 0 Å². The van der Waals surface area contributed by atoms with E-state index in [1.54, 1.807) is 13.8 Å². The molecular weight excluding hydrogens is 431 g/mol. The first-order valence-electron chi connectivity index (χ1n) is 10.1. The first-order valence-corrected chi connectivity index (χ1v) is 10.1. The van der Waals surface area contributed by atoms with Crippen molar-refractivity contribution >= 4 is 23.7 Å². The fourth-order valence-corrected chi connectivity index (χ4v) is 3.45. The predicted octanol–water partition coefficient (Wildman–Crippen LogP) is 1.41. The van der Waals surface area contributed by atoms with Gasteiger partial charge in [-0.2, -0.15) is 0 Å². The molecule has 0 unspecified atom stereocenters. The molecule has 0 radical (unpaired) electrons. The van der Waals surface area contributed by atoms with E-state index in [4.69, 9.17) is 0 Å². The highest BCUT2D eigenvalue weighted by molar-refractivity contribution is 5.90. The van der Waals surface area contributed by atoms with Gasteiger partial charge in [0, 0.05) is 37.1 Å². The number of esters is 1. The van der Waals surface area contributed by atoms with Crippen LogP contribution >= 0.6 is 0 Å². The van der Waals surface area contributed by atoms with Crippen molar-refractivity contribution in [1.82, 2.24) is 15.5 Å². The van der Waals surface area contributed by atoms with Crippen molar-refractivity contribution in [2.45, 2.75) is 51.7 Å². The Morgan fingerprint density at radius 1 is 1.22 bits per heavy atom. The Morgan fingerprint density at radius 3 is 2.53 bits per heavy atom. The zero-order valence-corrected chi connectivity index (χ0v) is 18.0. The molecule has 0 aliphatic carbocycles. The van der Waals surface area contributed by atoms with Crippen LogP contribution in [-0.4, -0.2) is 54.3 Å². The van der Waals surface area contributed by atoms with Gasteiger partial charge in [0.2, 0.25) is 17.7 Å². The van der Waals surface area contributed by atoms with E-state index in [9.17, 15) is 32.3 Å². The molecule has 1 aliphatic rings. The molecule has 2 atom stereocenters. The van der Waals surface area contributed by atoms with Gasteiger partial charge in [0.1, 0.15) is 18.4 Å². The number of hydrogen-bond acceptors (Lipinski definition) is 5. The molecule has 0 spiro atoms. The van der Waals surface area contributed by atoms with Gasteiger partial charge in [0.25, 0.3) is 0 Å². The molecule has 32 heavy (non-hydrogen) atoms. The normalized spacial score (nSPS) is 16.8. The number of methoxy groups -OCH3 is 1. The minimum Gasteiger partial charge on any atom is -0.468 e. The van der Waals surface area contributed by atoms with E-state index in [1.807, 2.05) is 0 Å². The van der Waals surface area contributed by atoms with E-state index in [-0.39, 0.29) is 43.3 Å². The highest BCUT2D eigenvalue weighted by atomic mass is 19.2. The number of amides is 3. The van der Waals surface area contributed by atoms with E-state index in [0.717, 1.165) is 6.07 Å². The van der Waals surface area contributed by atoms with Crippen molar-refractivity contribution < 1.29 is 37.1 Å². The summed E-state index contributed by atoms with van der Waals surface area (Å²) in [6.07, 6.45) is 0.218. The Balaban J connectivity index is 2.04. The van der Waals surface area contributed by atoms with Gasteiger partial charge in [0.15, 0.2) is 11.6 Å². The summed E-state index contributed by atoms with van der Waals surface area (Å²) in [6, 6.07) is -0.347. The third-order valence-electron chi connectivity index (χ3n) is 5.18. The number of nitrogens with zero attached hydrogens (tertiary/aromatic N) is 1. The lowest BCUT2D eigenvalue weighted by Gasteiger charge is -2.26. The summed E-state index contributed by atoms with van der Waals surface area (Å²) in [5, 5.41) is 4.95. The van der Waals surface area contributed by atoms with Crippen molar-refractivity contribution in [2.24, 2.45) is 5.92 Å². The second-order valence-electron chi connectivity index (χ2n) is 7.86. The van der Waals surface area contributed by atoms with Gasteiger partial charge in [-0.25, -0.2) is 13.2 Å². The van der Waals surface area contributed by atoms with Crippen LogP contribution in [0.25, 0.3) is 0 Å². The zero-order valence-electron chi connectivity index (χ0n) is 18.0. The maximum Gasteiger partial charge on any atom is 0.325 e. The minimum absolute atomic E-state index is 0.102. The quantitative estimate of drug-likeness (QED) is 0.431. The van der Waals surface area contributed by atoms with Crippen LogP contribution in [-0.2, 0) is 30.5 Å². The van der Waals surface area contributed by atoms with Crippen molar-refractivity contribution in [3.05, 3.63) is 35.1 Å². The number of halogens is 3. The molecule has 8 nitrogen and oxygen atoms in total. The Labute approximate surface area is 183 Å². The Hall–Kier alpha value is -3.11. The maximum absolute atomic E-state index is 14.0. The molecule has 1 fully saturated rings. The largest absolute Gasteiger partial charge is 0.468 e. The van der Waals surface area contributed by atoms with Gasteiger partial charge in [0.05, 0.1) is 7.11 Å². The number of carbonyl (C=O) groups excluding carboxylic acids is 4. The lowest BCUT2D eigenvalue weighted by Crippen LogP contribution is -2.51. The summed E-state index contributed by atoms with van der Waals surface area (Å²) in [6.45, 7) is 2.67. The lowest BCUT2D eigenvalue weighted by atomic mass is 10.0. The van der Waals surface area contributed by atoms with E-state index in [0.29, 0.717) is 12.5 Å². The molecule has 1 aromatic carbocycles. The topological polar surface area (TPSA) is 105 Å². The van der Waals surface area contributed by atoms with Crippen LogP contribution in [0.4, 0.5) is 13.2 Å². The molecule has 1 aliphatic heterocycles. The highest BCUT2D eigenvalue weighted by Gasteiger charge is 2.34. The first kappa shape index (κ1) is 25.2. The lowest BCUT2D eigenvalue weighted by molar-refractivity contribution is -0.141. The molecule has 1 aromatic rings. The average Bonchev–Trinajstić information content (AvgIpc) is 3.06. The van der Waals surface area contributed by atoms with Crippen molar-refractivity contribution in [3.8, 4) is 0 Å². The van der Waals surface area contributed by atoms with Gasteiger partial charge in [-0.1, -0.05) is 13.8 Å². The summed E-state index contributed by atoms with van der Waals surface area (Å²) in [4.78, 5) is 49.6. The van der Waals surface area contributed by atoms with Crippen LogP contribution in [0.2, 0.25) is 0 Å². The summed E-state index contributed by atoms with van der Waals surface area (Å²) in [5.41, 5.74) is -0.328. The van der Waals surface area contributed by atoms with Gasteiger partial charge >= 0.3 is 5.97 Å². The summed E-state index contributed by atoms with van der Waals surface area (Å²) < 4.78 is 45.4. The number of ether oxygens (including phenoxy) is 1. The maximum atomic E-state index is 14.0. The summed E-state index contributed by atoms with van der Waals surface area (Å²) >= 11 is 0. The number of benzene rings is 1. The Bertz CT molecular complexity index is 894. The van der Waals surface area contributed by atoms with Crippen LogP contribution in [0.1, 0.15) is 38.7 Å². The second-order valence-corrected chi connectivity index (χ2v) is 7.86. The first-order chi connectivity index (χ1) is 15.0. The molecule has 3 amide bonds. The van der Waals surface area contributed by atoms with Crippen LogP contribution in [0.15, 0.2) is 12.1 Å². The van der Waals surface area contributed by atoms with Gasteiger partial charge in [-0.05, 0) is 18.4 Å². The minimum atomic E-state index is -1.36. The molecule has 176 valence electrons. The van der Waals surface area contributed by atoms with Crippen LogP contribution in [0.5, 0.6) is 0 Å². The molecule has 1 saturated heterocycles.